The maximum Gasteiger partial charge on any atom is 0.143 e. The van der Waals surface area contributed by atoms with Crippen LogP contribution in [0.2, 0.25) is 0 Å². The third-order valence-corrected chi connectivity index (χ3v) is 19.9. The van der Waals surface area contributed by atoms with Gasteiger partial charge in [0.15, 0.2) is 0 Å². The molecule has 458 valence electrons. The summed E-state index contributed by atoms with van der Waals surface area (Å²) in [5.74, 6) is 0. The predicted octanol–water partition coefficient (Wildman–Crippen LogP) is 26.4. The average Bonchev–Trinajstić information content (AvgIpc) is 1.60. The molecule has 0 fully saturated rings. The van der Waals surface area contributed by atoms with E-state index in [2.05, 4.69) is 363 Å². The second-order valence-electron chi connectivity index (χ2n) is 25.9. The number of benzene rings is 15. The third kappa shape index (κ3) is 10.1. The normalized spacial score (nSPS) is 12.3. The van der Waals surface area contributed by atoms with E-state index in [0.29, 0.717) is 0 Å². The molecule has 0 amide bonds. The smallest absolute Gasteiger partial charge is 0.143 e. The molecule has 97 heavy (non-hydrogen) atoms. The summed E-state index contributed by atoms with van der Waals surface area (Å²) < 4.78 is 13.3. The number of hydrogen-bond donors (Lipinski definition) is 0. The molecule has 15 aromatic carbocycles. The Labute approximate surface area is 564 Å². The molecule has 0 N–H and O–H groups in total. The van der Waals surface area contributed by atoms with Gasteiger partial charge in [-0.2, -0.15) is 0 Å². The number of fused-ring (bicyclic) bond motifs is 9. The molecule has 0 bridgehead atoms. The van der Waals surface area contributed by atoms with Gasteiger partial charge >= 0.3 is 0 Å². The molecule has 2 heterocycles. The fourth-order valence-corrected chi connectivity index (χ4v) is 15.0. The summed E-state index contributed by atoms with van der Waals surface area (Å²) in [6.45, 7) is 4.70. The van der Waals surface area contributed by atoms with Crippen LogP contribution in [-0.2, 0) is 5.41 Å². The van der Waals surface area contributed by atoms with E-state index in [1.807, 2.05) is 12.1 Å². The van der Waals surface area contributed by atoms with E-state index in [1.54, 1.807) is 0 Å². The molecule has 0 spiro atoms. The van der Waals surface area contributed by atoms with Gasteiger partial charge in [-0.15, -0.1) is 0 Å². The highest BCUT2D eigenvalue weighted by molar-refractivity contribution is 6.11. The molecule has 1 aliphatic carbocycles. The van der Waals surface area contributed by atoms with E-state index in [1.165, 1.54) is 50.1 Å². The first-order chi connectivity index (χ1) is 47.8. The monoisotopic (exact) mass is 1240 g/mol. The Bertz CT molecular complexity index is 5810. The lowest BCUT2D eigenvalue weighted by atomic mass is 9.81. The van der Waals surface area contributed by atoms with E-state index in [4.69, 9.17) is 8.83 Å². The number of furan rings is 2. The van der Waals surface area contributed by atoms with Gasteiger partial charge < -0.3 is 18.6 Å². The molecular weight excluding hydrogens is 1180 g/mol. The van der Waals surface area contributed by atoms with Gasteiger partial charge in [0.1, 0.15) is 22.3 Å². The Morgan fingerprint density at radius 2 is 0.577 bits per heavy atom. The molecule has 0 unspecified atom stereocenters. The standard InChI is InChI=1S/C93H64N2O2/c1-93(2)86-31-12-9-25-80(86)81-56-44-71(60-87(81)93)64-38-50-76(51-39-64)95(88-32-13-10-24-77(88)65-20-7-4-8-21-65)75-48-36-63(37-49-75)68-22-15-23-69(58-68)70-45-57-90-85(59-70)84-30-17-28-79(92(84)97-90)67-42-54-74(55-43-67)94(72-46-34-62(35-47-72)61-18-5-3-6-19-61)73-52-40-66(41-53-73)78-27-16-29-83-82-26-11-14-33-89(82)96-91(78)83/h3-60H,1-2H3. The highest BCUT2D eigenvalue weighted by Gasteiger charge is 2.35. The zero-order chi connectivity index (χ0) is 64.6. The summed E-state index contributed by atoms with van der Waals surface area (Å²) in [6.07, 6.45) is 0. The molecule has 0 saturated carbocycles. The largest absolute Gasteiger partial charge is 0.455 e. The minimum absolute atomic E-state index is 0.0717. The van der Waals surface area contributed by atoms with Crippen molar-refractivity contribution in [2.75, 3.05) is 9.80 Å². The molecule has 0 atom stereocenters. The molecule has 2 aromatic heterocycles. The van der Waals surface area contributed by atoms with E-state index < -0.39 is 0 Å². The summed E-state index contributed by atoms with van der Waals surface area (Å²) in [5.41, 5.74) is 31.2. The van der Waals surface area contributed by atoms with Crippen LogP contribution in [0, 0.1) is 0 Å². The minimum atomic E-state index is -0.0717. The van der Waals surface area contributed by atoms with Crippen LogP contribution < -0.4 is 9.80 Å². The molecule has 18 rings (SSSR count). The average molecular weight is 1240 g/mol. The van der Waals surface area contributed by atoms with Crippen LogP contribution in [0.15, 0.2) is 361 Å². The van der Waals surface area contributed by atoms with Crippen molar-refractivity contribution in [3.05, 3.63) is 363 Å². The Morgan fingerprint density at radius 3 is 1.19 bits per heavy atom. The maximum atomic E-state index is 6.84. The molecular formula is C93H64N2O2. The SMILES string of the molecule is CC1(C)c2ccccc2-c2ccc(-c3ccc(N(c4ccc(-c5cccc(-c6ccc7oc8c(-c9ccc(N(c%10ccc(-c%11ccccc%11)cc%10)c%10ccc(-c%11cccc%12c%11oc%11ccccc%11%12)cc%10)cc9)cccc8c7c6)c5)cc4)c4ccccc4-c4ccccc4)cc3)cc21. The number of nitrogens with zero attached hydrogens (tertiary/aromatic N) is 2. The van der Waals surface area contributed by atoms with E-state index in [0.717, 1.165) is 128 Å². The first kappa shape index (κ1) is 57.2. The van der Waals surface area contributed by atoms with Gasteiger partial charge in [-0.25, -0.2) is 0 Å². The Hall–Kier alpha value is -12.5. The van der Waals surface area contributed by atoms with Crippen molar-refractivity contribution in [2.24, 2.45) is 0 Å². The minimum Gasteiger partial charge on any atom is -0.455 e. The fraction of sp³-hybridized carbons (Fsp3) is 0.0323. The van der Waals surface area contributed by atoms with Gasteiger partial charge in [-0.3, -0.25) is 0 Å². The Kier molecular flexibility index (Phi) is 13.9. The van der Waals surface area contributed by atoms with Crippen LogP contribution in [0.4, 0.5) is 34.1 Å². The Balaban J connectivity index is 0.640. The van der Waals surface area contributed by atoms with Crippen molar-refractivity contribution in [1.29, 1.82) is 0 Å². The topological polar surface area (TPSA) is 32.8 Å². The molecule has 4 nitrogen and oxygen atoms in total. The summed E-state index contributed by atoms with van der Waals surface area (Å²) in [6, 6.07) is 127. The number of anilines is 6. The van der Waals surface area contributed by atoms with Crippen LogP contribution in [-0.4, -0.2) is 0 Å². The highest BCUT2D eigenvalue weighted by Crippen LogP contribution is 2.51. The predicted molar refractivity (Wildman–Crippen MR) is 406 cm³/mol. The summed E-state index contributed by atoms with van der Waals surface area (Å²) in [5, 5.41) is 4.40. The van der Waals surface area contributed by atoms with E-state index in [9.17, 15) is 0 Å². The third-order valence-electron chi connectivity index (χ3n) is 19.9. The molecule has 4 heteroatoms. The van der Waals surface area contributed by atoms with Gasteiger partial charge in [-0.1, -0.05) is 269 Å². The molecule has 1 aliphatic rings. The van der Waals surface area contributed by atoms with Gasteiger partial charge in [0.25, 0.3) is 0 Å². The van der Waals surface area contributed by atoms with Crippen LogP contribution >= 0.6 is 0 Å². The summed E-state index contributed by atoms with van der Waals surface area (Å²) in [4.78, 5) is 4.72. The van der Waals surface area contributed by atoms with E-state index in [-0.39, 0.29) is 5.41 Å². The van der Waals surface area contributed by atoms with Crippen molar-refractivity contribution >= 4 is 78.0 Å². The van der Waals surface area contributed by atoms with Gasteiger partial charge in [0.2, 0.25) is 0 Å². The van der Waals surface area contributed by atoms with Crippen molar-refractivity contribution in [1.82, 2.24) is 0 Å². The number of para-hydroxylation sites is 4. The lowest BCUT2D eigenvalue weighted by Gasteiger charge is -2.28. The van der Waals surface area contributed by atoms with Crippen molar-refractivity contribution in [3.8, 4) is 89.0 Å². The maximum absolute atomic E-state index is 6.84. The molecule has 0 aliphatic heterocycles. The van der Waals surface area contributed by atoms with Crippen LogP contribution in [0.3, 0.4) is 0 Å². The van der Waals surface area contributed by atoms with E-state index >= 15 is 0 Å². The van der Waals surface area contributed by atoms with Crippen LogP contribution in [0.5, 0.6) is 0 Å². The highest BCUT2D eigenvalue weighted by atomic mass is 16.3. The zero-order valence-corrected chi connectivity index (χ0v) is 53.7. The quantitative estimate of drug-likeness (QED) is 0.115. The van der Waals surface area contributed by atoms with Crippen molar-refractivity contribution in [2.45, 2.75) is 19.3 Å². The van der Waals surface area contributed by atoms with Crippen LogP contribution in [0.25, 0.3) is 133 Å². The lowest BCUT2D eigenvalue weighted by Crippen LogP contribution is -2.14. The van der Waals surface area contributed by atoms with Gasteiger partial charge in [0, 0.05) is 72.1 Å². The van der Waals surface area contributed by atoms with Gasteiger partial charge in [-0.05, 0) is 181 Å². The Morgan fingerprint density at radius 1 is 0.216 bits per heavy atom. The number of hydrogen-bond acceptors (Lipinski definition) is 4. The number of rotatable bonds is 13. The summed E-state index contributed by atoms with van der Waals surface area (Å²) in [7, 11) is 0. The van der Waals surface area contributed by atoms with Crippen LogP contribution in [0.1, 0.15) is 25.0 Å². The molecule has 0 saturated heterocycles. The van der Waals surface area contributed by atoms with Crippen molar-refractivity contribution < 1.29 is 8.83 Å². The first-order valence-corrected chi connectivity index (χ1v) is 33.4. The molecule has 17 aromatic rings. The second kappa shape index (κ2) is 23.5. The fourth-order valence-electron chi connectivity index (χ4n) is 15.0. The second-order valence-corrected chi connectivity index (χ2v) is 25.9. The van der Waals surface area contributed by atoms with Crippen molar-refractivity contribution in [3.63, 3.8) is 0 Å². The lowest BCUT2D eigenvalue weighted by molar-refractivity contribution is 0.660. The van der Waals surface area contributed by atoms with Gasteiger partial charge in [0.05, 0.1) is 5.69 Å². The summed E-state index contributed by atoms with van der Waals surface area (Å²) >= 11 is 0. The molecule has 0 radical (unpaired) electrons. The zero-order valence-electron chi connectivity index (χ0n) is 53.7. The first-order valence-electron chi connectivity index (χ1n) is 33.4.